The van der Waals surface area contributed by atoms with Crippen molar-refractivity contribution in [3.8, 4) is 0 Å². The van der Waals surface area contributed by atoms with Crippen LogP contribution in [0.2, 0.25) is 0 Å². The van der Waals surface area contributed by atoms with Gasteiger partial charge in [0.25, 0.3) is 17.1 Å². The van der Waals surface area contributed by atoms with Gasteiger partial charge in [0.15, 0.2) is 0 Å². The fourth-order valence-electron chi connectivity index (χ4n) is 4.56. The van der Waals surface area contributed by atoms with E-state index in [9.17, 15) is 45.4 Å². The fraction of sp³-hybridized carbons (Fsp3) is 0.192. The summed E-state index contributed by atoms with van der Waals surface area (Å²) in [5, 5.41) is 56.5. The van der Waals surface area contributed by atoms with Crippen LogP contribution < -0.4 is 0 Å². The highest BCUT2D eigenvalue weighted by Gasteiger charge is 2.44. The van der Waals surface area contributed by atoms with E-state index in [-0.39, 0.29) is 28.0 Å². The molecule has 14 heteroatoms. The van der Waals surface area contributed by atoms with Gasteiger partial charge < -0.3 is 19.7 Å². The minimum absolute atomic E-state index is 0.00120. The minimum atomic E-state index is -2.01. The molecule has 1 heterocycles. The largest absolute Gasteiger partial charge is 0.481 e. The number of nitrogens with zero attached hydrogens (tertiary/aromatic N) is 3. The van der Waals surface area contributed by atoms with Crippen molar-refractivity contribution >= 4 is 23.0 Å². The zero-order valence-corrected chi connectivity index (χ0v) is 20.6. The van der Waals surface area contributed by atoms with Crippen molar-refractivity contribution in [3.63, 3.8) is 0 Å². The van der Waals surface area contributed by atoms with Gasteiger partial charge in [-0.1, -0.05) is 36.4 Å². The molecular weight excluding hydrogens is 530 g/mol. The SMILES string of the molecule is CC1=C([C@@H](C(=O)O)[C@H](O)c2ccccc2[N+](=O)[O-])O[C@H](c2ccccc2[N+](=O)[O-])O[C@@H]1c1ccccc1[N+](=O)[O-]. The quantitative estimate of drug-likeness (QED) is 0.270. The summed E-state index contributed by atoms with van der Waals surface area (Å²) in [4.78, 5) is 45.5. The third-order valence-electron chi connectivity index (χ3n) is 6.40. The Bertz CT molecular complexity index is 1540. The molecular formula is C26H21N3O11. The van der Waals surface area contributed by atoms with Crippen molar-refractivity contribution < 1.29 is 39.3 Å². The van der Waals surface area contributed by atoms with E-state index in [0.29, 0.717) is 0 Å². The first-order valence-corrected chi connectivity index (χ1v) is 11.7. The van der Waals surface area contributed by atoms with Crippen molar-refractivity contribution in [1.82, 2.24) is 0 Å². The average molecular weight is 551 g/mol. The van der Waals surface area contributed by atoms with Gasteiger partial charge in [0.05, 0.1) is 31.5 Å². The number of carbonyl (C=O) groups is 1. The first kappa shape index (κ1) is 27.8. The number of nitro groups is 3. The van der Waals surface area contributed by atoms with Crippen LogP contribution in [-0.4, -0.2) is 31.0 Å². The smallest absolute Gasteiger partial charge is 0.317 e. The first-order chi connectivity index (χ1) is 19.0. The lowest BCUT2D eigenvalue weighted by molar-refractivity contribution is -0.388. The van der Waals surface area contributed by atoms with Crippen molar-refractivity contribution in [1.29, 1.82) is 0 Å². The summed E-state index contributed by atoms with van der Waals surface area (Å²) >= 11 is 0. The Balaban J connectivity index is 1.94. The van der Waals surface area contributed by atoms with E-state index in [2.05, 4.69) is 0 Å². The number of aliphatic hydroxyl groups excluding tert-OH is 1. The number of nitro benzene ring substituents is 3. The molecule has 0 fully saturated rings. The lowest BCUT2D eigenvalue weighted by Gasteiger charge is -2.36. The molecule has 2 N–H and O–H groups in total. The van der Waals surface area contributed by atoms with E-state index in [1.54, 1.807) is 0 Å². The van der Waals surface area contributed by atoms with Crippen LogP contribution in [0.15, 0.2) is 84.1 Å². The summed E-state index contributed by atoms with van der Waals surface area (Å²) in [5.74, 6) is -4.01. The van der Waals surface area contributed by atoms with Crippen LogP contribution in [0, 0.1) is 36.3 Å². The Morgan fingerprint density at radius 2 is 1.27 bits per heavy atom. The van der Waals surface area contributed by atoms with Gasteiger partial charge in [-0.25, -0.2) is 0 Å². The van der Waals surface area contributed by atoms with Gasteiger partial charge in [0.2, 0.25) is 6.29 Å². The number of carboxylic acid groups (broad SMARTS) is 1. The van der Waals surface area contributed by atoms with Crippen LogP contribution in [-0.2, 0) is 14.3 Å². The van der Waals surface area contributed by atoms with Crippen LogP contribution in [0.3, 0.4) is 0 Å². The molecule has 0 unspecified atom stereocenters. The zero-order valence-electron chi connectivity index (χ0n) is 20.6. The lowest BCUT2D eigenvalue weighted by Crippen LogP contribution is -2.32. The van der Waals surface area contributed by atoms with Crippen molar-refractivity contribution in [2.24, 2.45) is 5.92 Å². The predicted octanol–water partition coefficient (Wildman–Crippen LogP) is 4.91. The zero-order chi connectivity index (χ0) is 29.1. The molecule has 3 aromatic rings. The molecule has 4 rings (SSSR count). The predicted molar refractivity (Wildman–Crippen MR) is 136 cm³/mol. The third-order valence-corrected chi connectivity index (χ3v) is 6.40. The van der Waals surface area contributed by atoms with Gasteiger partial charge in [-0.3, -0.25) is 35.1 Å². The maximum absolute atomic E-state index is 12.6. The third kappa shape index (κ3) is 5.21. The van der Waals surface area contributed by atoms with Gasteiger partial charge >= 0.3 is 5.97 Å². The number of rotatable bonds is 9. The van der Waals surface area contributed by atoms with Crippen LogP contribution in [0.1, 0.15) is 42.1 Å². The molecule has 0 saturated heterocycles. The maximum Gasteiger partial charge on any atom is 0.317 e. The van der Waals surface area contributed by atoms with Gasteiger partial charge in [-0.2, -0.15) is 0 Å². The van der Waals surface area contributed by atoms with Gasteiger partial charge in [-0.15, -0.1) is 0 Å². The Hall–Kier alpha value is -5.21. The standard InChI is InChI=1S/C26H21N3O11/c1-14-23(16-9-3-6-12-19(16)28(35)36)39-26(17-10-4-7-13-20(17)29(37)38)40-24(14)21(25(31)32)22(30)15-8-2-5-11-18(15)27(33)34/h2-13,21-23,26,30H,1H3,(H,31,32)/t21-,22+,23-,26+/m0/s1. The van der Waals surface area contributed by atoms with E-state index in [1.165, 1.54) is 73.7 Å². The molecule has 0 spiro atoms. The Morgan fingerprint density at radius 3 is 1.82 bits per heavy atom. The van der Waals surface area contributed by atoms with Gasteiger partial charge in [0.1, 0.15) is 23.9 Å². The van der Waals surface area contributed by atoms with Crippen LogP contribution in [0.5, 0.6) is 0 Å². The number of aliphatic carboxylic acids is 1. The molecule has 0 aliphatic carbocycles. The number of benzene rings is 3. The molecule has 0 bridgehead atoms. The second-order valence-corrected chi connectivity index (χ2v) is 8.72. The van der Waals surface area contributed by atoms with E-state index in [4.69, 9.17) is 9.47 Å². The van der Waals surface area contributed by atoms with Crippen LogP contribution in [0.25, 0.3) is 0 Å². The summed E-state index contributed by atoms with van der Waals surface area (Å²) in [7, 11) is 0. The highest BCUT2D eigenvalue weighted by atomic mass is 16.7. The summed E-state index contributed by atoms with van der Waals surface area (Å²) < 4.78 is 11.9. The Kier molecular flexibility index (Phi) is 7.83. The van der Waals surface area contributed by atoms with Crippen molar-refractivity contribution in [3.05, 3.63) is 131 Å². The summed E-state index contributed by atoms with van der Waals surface area (Å²) in [6.45, 7) is 1.37. The number of ether oxygens (including phenoxy) is 2. The minimum Gasteiger partial charge on any atom is -0.481 e. The molecule has 4 atom stereocenters. The van der Waals surface area contributed by atoms with E-state index < -0.39 is 62.3 Å². The Labute approximate surface area is 225 Å². The highest BCUT2D eigenvalue weighted by molar-refractivity contribution is 5.75. The first-order valence-electron chi connectivity index (χ1n) is 11.7. The molecule has 0 saturated carbocycles. The van der Waals surface area contributed by atoms with Crippen molar-refractivity contribution in [2.75, 3.05) is 0 Å². The molecule has 0 amide bonds. The lowest BCUT2D eigenvalue weighted by atomic mass is 9.87. The van der Waals surface area contributed by atoms with Crippen LogP contribution in [0.4, 0.5) is 17.1 Å². The fourth-order valence-corrected chi connectivity index (χ4v) is 4.56. The number of carboxylic acids is 1. The molecule has 1 aliphatic rings. The monoisotopic (exact) mass is 551 g/mol. The number of para-hydroxylation sites is 3. The second kappa shape index (κ2) is 11.3. The molecule has 0 aromatic heterocycles. The van der Waals surface area contributed by atoms with E-state index >= 15 is 0 Å². The number of hydrogen-bond acceptors (Lipinski definition) is 10. The van der Waals surface area contributed by atoms with E-state index in [0.717, 1.165) is 6.07 Å². The summed E-state index contributed by atoms with van der Waals surface area (Å²) in [5.41, 5.74) is -1.78. The highest BCUT2D eigenvalue weighted by Crippen LogP contribution is 2.48. The molecule has 1 aliphatic heterocycles. The number of aliphatic hydroxyl groups is 1. The normalized spacial score (nSPS) is 18.4. The summed E-state index contributed by atoms with van der Waals surface area (Å²) in [6, 6.07) is 15.8. The van der Waals surface area contributed by atoms with Gasteiger partial charge in [-0.05, 0) is 30.7 Å². The topological polar surface area (TPSA) is 205 Å². The Morgan fingerprint density at radius 1 is 0.800 bits per heavy atom. The van der Waals surface area contributed by atoms with E-state index in [1.807, 2.05) is 0 Å². The average Bonchev–Trinajstić information content (AvgIpc) is 2.93. The summed E-state index contributed by atoms with van der Waals surface area (Å²) in [6.07, 6.45) is -4.99. The van der Waals surface area contributed by atoms with Crippen molar-refractivity contribution in [2.45, 2.75) is 25.4 Å². The molecule has 14 nitrogen and oxygen atoms in total. The maximum atomic E-state index is 12.6. The van der Waals surface area contributed by atoms with Crippen LogP contribution >= 0.6 is 0 Å². The molecule has 3 aromatic carbocycles. The number of hydrogen-bond donors (Lipinski definition) is 2. The second-order valence-electron chi connectivity index (χ2n) is 8.72. The molecule has 40 heavy (non-hydrogen) atoms. The van der Waals surface area contributed by atoms with Gasteiger partial charge in [0, 0.05) is 18.2 Å². The molecule has 206 valence electrons. The molecule has 0 radical (unpaired) electrons.